The summed E-state index contributed by atoms with van der Waals surface area (Å²) in [6.45, 7) is 0. The Labute approximate surface area is 82.3 Å². The highest BCUT2D eigenvalue weighted by Crippen LogP contribution is 2.25. The first-order valence-corrected chi connectivity index (χ1v) is 3.63. The standard InChI is InChI=1S/C7H10N5.ClH/c1-12(2)7-5(6(8)11-12)9-3-4-10-7;/h3-4H,1-2H3,(H2,8,11);1H/q+1;/p-1. The lowest BCUT2D eigenvalue weighted by atomic mass is 10.4. The van der Waals surface area contributed by atoms with Crippen LogP contribution in [0.25, 0.3) is 0 Å². The van der Waals surface area contributed by atoms with Gasteiger partial charge in [-0.2, -0.15) is 9.58 Å². The van der Waals surface area contributed by atoms with Gasteiger partial charge in [0.2, 0.25) is 5.84 Å². The van der Waals surface area contributed by atoms with E-state index in [1.165, 1.54) is 0 Å². The number of amidine groups is 1. The van der Waals surface area contributed by atoms with Gasteiger partial charge in [-0.3, -0.25) is 0 Å². The Hall–Kier alpha value is -1.20. The summed E-state index contributed by atoms with van der Waals surface area (Å²) in [7, 11) is 3.82. The molecule has 6 heteroatoms. The molecule has 0 spiro atoms. The van der Waals surface area contributed by atoms with E-state index in [4.69, 9.17) is 5.73 Å². The van der Waals surface area contributed by atoms with Crippen LogP contribution in [-0.4, -0.2) is 29.9 Å². The summed E-state index contributed by atoms with van der Waals surface area (Å²) in [5.74, 6) is 1.26. The third kappa shape index (κ3) is 1.36. The molecule has 1 aromatic rings. The Balaban J connectivity index is 0.000000845. The van der Waals surface area contributed by atoms with Gasteiger partial charge >= 0.3 is 0 Å². The summed E-state index contributed by atoms with van der Waals surface area (Å²) < 4.78 is 0.328. The van der Waals surface area contributed by atoms with Crippen LogP contribution in [0, 0.1) is 0 Å². The van der Waals surface area contributed by atoms with Crippen molar-refractivity contribution >= 4 is 11.7 Å². The van der Waals surface area contributed by atoms with Crippen LogP contribution in [-0.2, 0) is 0 Å². The van der Waals surface area contributed by atoms with Gasteiger partial charge in [0.15, 0.2) is 5.69 Å². The molecule has 1 aromatic heterocycles. The van der Waals surface area contributed by atoms with Crippen LogP contribution in [0.3, 0.4) is 0 Å². The quantitative estimate of drug-likeness (QED) is 0.445. The molecule has 0 saturated heterocycles. The molecule has 0 aromatic carbocycles. The minimum absolute atomic E-state index is 0. The first-order valence-electron chi connectivity index (χ1n) is 3.63. The van der Waals surface area contributed by atoms with Gasteiger partial charge in [0.05, 0.1) is 20.3 Å². The zero-order valence-corrected chi connectivity index (χ0v) is 8.15. The number of nitrogens with zero attached hydrogens (tertiary/aromatic N) is 4. The predicted molar refractivity (Wildman–Crippen MR) is 46.4 cm³/mol. The van der Waals surface area contributed by atoms with Gasteiger partial charge in [-0.1, -0.05) is 5.10 Å². The van der Waals surface area contributed by atoms with E-state index >= 15 is 0 Å². The summed E-state index contributed by atoms with van der Waals surface area (Å²) in [5, 5.41) is 4.20. The van der Waals surface area contributed by atoms with Crippen molar-refractivity contribution in [1.82, 2.24) is 14.6 Å². The lowest BCUT2D eigenvalue weighted by Crippen LogP contribution is -3.00. The smallest absolute Gasteiger partial charge is 0.284 e. The molecule has 1 aliphatic rings. The van der Waals surface area contributed by atoms with Crippen LogP contribution in [0.1, 0.15) is 5.69 Å². The van der Waals surface area contributed by atoms with Crippen molar-refractivity contribution in [2.45, 2.75) is 0 Å². The number of nitrogens with two attached hydrogens (primary N) is 1. The second-order valence-corrected chi connectivity index (χ2v) is 3.11. The number of rotatable bonds is 0. The van der Waals surface area contributed by atoms with E-state index in [-0.39, 0.29) is 12.4 Å². The first kappa shape index (κ1) is 9.88. The van der Waals surface area contributed by atoms with Gasteiger partial charge in [-0.25, -0.2) is 4.98 Å². The zero-order valence-electron chi connectivity index (χ0n) is 7.40. The number of fused-ring (bicyclic) bond motifs is 1. The highest BCUT2D eigenvalue weighted by Gasteiger charge is 2.34. The van der Waals surface area contributed by atoms with Gasteiger partial charge in [0.1, 0.15) is 0 Å². The fourth-order valence-electron chi connectivity index (χ4n) is 1.28. The Kier molecular flexibility index (Phi) is 2.23. The zero-order chi connectivity index (χ0) is 8.77. The highest BCUT2D eigenvalue weighted by atomic mass is 35.5. The maximum Gasteiger partial charge on any atom is 0.284 e. The van der Waals surface area contributed by atoms with E-state index in [1.54, 1.807) is 12.4 Å². The molecule has 2 rings (SSSR count). The van der Waals surface area contributed by atoms with E-state index in [0.29, 0.717) is 16.1 Å². The average molecular weight is 200 g/mol. The van der Waals surface area contributed by atoms with Crippen molar-refractivity contribution in [2.24, 2.45) is 10.8 Å². The molecule has 0 atom stereocenters. The monoisotopic (exact) mass is 199 g/mol. The fraction of sp³-hybridized carbons (Fsp3) is 0.286. The van der Waals surface area contributed by atoms with Crippen LogP contribution in [0.2, 0.25) is 0 Å². The van der Waals surface area contributed by atoms with Crippen LogP contribution in [0.4, 0.5) is 5.82 Å². The lowest BCUT2D eigenvalue weighted by molar-refractivity contribution is -0.00000301. The third-order valence-electron chi connectivity index (χ3n) is 1.80. The number of aromatic nitrogens is 2. The molecule has 2 N–H and O–H groups in total. The summed E-state index contributed by atoms with van der Waals surface area (Å²) >= 11 is 0. The summed E-state index contributed by atoms with van der Waals surface area (Å²) in [6, 6.07) is 0. The van der Waals surface area contributed by atoms with Gasteiger partial charge in [-0.05, 0) is 0 Å². The molecule has 0 fully saturated rings. The Morgan fingerprint density at radius 1 is 1.23 bits per heavy atom. The molecule has 0 aliphatic carbocycles. The van der Waals surface area contributed by atoms with E-state index in [1.807, 2.05) is 14.1 Å². The van der Waals surface area contributed by atoms with Crippen LogP contribution in [0.15, 0.2) is 17.5 Å². The fourth-order valence-corrected chi connectivity index (χ4v) is 1.28. The van der Waals surface area contributed by atoms with Crippen LogP contribution >= 0.6 is 0 Å². The highest BCUT2D eigenvalue weighted by molar-refractivity contribution is 6.02. The van der Waals surface area contributed by atoms with E-state index in [0.717, 1.165) is 5.82 Å². The normalized spacial score (nSPS) is 17.2. The van der Waals surface area contributed by atoms with Crippen molar-refractivity contribution in [2.75, 3.05) is 14.1 Å². The van der Waals surface area contributed by atoms with Gasteiger partial charge in [0, 0.05) is 6.20 Å². The molecular formula is C7H10ClN5. The van der Waals surface area contributed by atoms with Crippen molar-refractivity contribution in [3.63, 3.8) is 0 Å². The summed E-state index contributed by atoms with van der Waals surface area (Å²) in [4.78, 5) is 8.28. The Bertz CT molecular complexity index is 360. The molecule has 0 amide bonds. The Morgan fingerprint density at radius 3 is 2.46 bits per heavy atom. The molecule has 0 radical (unpaired) electrons. The number of hydrogen-bond donors (Lipinski definition) is 1. The lowest BCUT2D eigenvalue weighted by Gasteiger charge is -2.14. The molecule has 5 nitrogen and oxygen atoms in total. The van der Waals surface area contributed by atoms with Crippen LogP contribution in [0.5, 0.6) is 0 Å². The molecule has 13 heavy (non-hydrogen) atoms. The topological polar surface area (TPSA) is 64.2 Å². The molecule has 2 heterocycles. The van der Waals surface area contributed by atoms with Gasteiger partial charge < -0.3 is 18.1 Å². The molecule has 1 aliphatic heterocycles. The summed E-state index contributed by atoms with van der Waals surface area (Å²) in [5.41, 5.74) is 6.35. The second-order valence-electron chi connectivity index (χ2n) is 3.11. The van der Waals surface area contributed by atoms with E-state index in [2.05, 4.69) is 15.1 Å². The van der Waals surface area contributed by atoms with Crippen molar-refractivity contribution in [1.29, 1.82) is 0 Å². The van der Waals surface area contributed by atoms with Gasteiger partial charge in [0.25, 0.3) is 5.82 Å². The maximum absolute atomic E-state index is 5.65. The molecule has 0 bridgehead atoms. The first-order chi connectivity index (χ1) is 5.61. The third-order valence-corrected chi connectivity index (χ3v) is 1.80. The minimum atomic E-state index is 0. The molecule has 0 unspecified atom stereocenters. The average Bonchev–Trinajstić information content (AvgIpc) is 2.25. The van der Waals surface area contributed by atoms with Crippen LogP contribution < -0.4 is 22.7 Å². The maximum atomic E-state index is 5.65. The minimum Gasteiger partial charge on any atom is -1.00 e. The number of quaternary nitrogens is 1. The van der Waals surface area contributed by atoms with Crippen molar-refractivity contribution in [3.8, 4) is 0 Å². The van der Waals surface area contributed by atoms with E-state index < -0.39 is 0 Å². The predicted octanol–water partition coefficient (Wildman–Crippen LogP) is -3.32. The SMILES string of the molecule is C[N+]1(C)N=C(N)c2nccnc21.[Cl-]. The van der Waals surface area contributed by atoms with Gasteiger partial charge in [-0.15, -0.1) is 0 Å². The largest absolute Gasteiger partial charge is 1.00 e. The molecule has 0 saturated carbocycles. The second kappa shape index (κ2) is 2.93. The molecular weight excluding hydrogens is 190 g/mol. The molecule has 70 valence electrons. The van der Waals surface area contributed by atoms with Crippen molar-refractivity contribution < 1.29 is 12.4 Å². The van der Waals surface area contributed by atoms with Crippen molar-refractivity contribution in [3.05, 3.63) is 18.1 Å². The number of hydrogen-bond acceptors (Lipinski definition) is 4. The van der Waals surface area contributed by atoms with E-state index in [9.17, 15) is 0 Å². The number of halogens is 1. The Morgan fingerprint density at radius 2 is 1.85 bits per heavy atom. The summed E-state index contributed by atoms with van der Waals surface area (Å²) in [6.07, 6.45) is 3.26.